The minimum atomic E-state index is -1.03. The topological polar surface area (TPSA) is 108 Å². The number of nitrogens with one attached hydrogen (secondary N) is 2. The molecule has 1 aromatic rings. The number of nitro groups is 1. The maximum absolute atomic E-state index is 10.7. The first-order valence-electron chi connectivity index (χ1n) is 9.07. The summed E-state index contributed by atoms with van der Waals surface area (Å²) in [5.41, 5.74) is 0.423. The maximum atomic E-state index is 10.7. The third-order valence-corrected chi connectivity index (χ3v) is 4.42. The van der Waals surface area contributed by atoms with Crippen LogP contribution in [0.5, 0.6) is 0 Å². The molecule has 0 aromatic heterocycles. The van der Waals surface area contributed by atoms with E-state index in [9.17, 15) is 20.3 Å². The molecule has 0 radical (unpaired) electrons. The van der Waals surface area contributed by atoms with Gasteiger partial charge in [0, 0.05) is 18.7 Å². The Bertz CT molecular complexity index is 554. The smallest absolute Gasteiger partial charge is 0.269 e. The van der Waals surface area contributed by atoms with Crippen molar-refractivity contribution in [3.05, 3.63) is 39.9 Å². The van der Waals surface area contributed by atoms with Gasteiger partial charge in [0.2, 0.25) is 0 Å². The largest absolute Gasteiger partial charge is 0.394 e. The molecule has 0 aliphatic heterocycles. The highest BCUT2D eigenvalue weighted by molar-refractivity contribution is 7.80. The fourth-order valence-corrected chi connectivity index (χ4v) is 2.83. The van der Waals surface area contributed by atoms with E-state index in [0.717, 1.165) is 19.4 Å². The SMILES string of the molecule is CCCCCCCCNC(=S)NC(CO)C(O)c1ccc([N+](=O)[O-])cc1. The Morgan fingerprint density at radius 2 is 1.81 bits per heavy atom. The number of benzene rings is 1. The lowest BCUT2D eigenvalue weighted by Gasteiger charge is -2.24. The molecule has 0 amide bonds. The first-order valence-corrected chi connectivity index (χ1v) is 9.48. The summed E-state index contributed by atoms with van der Waals surface area (Å²) in [5, 5.41) is 36.9. The molecule has 0 aliphatic carbocycles. The summed E-state index contributed by atoms with van der Waals surface area (Å²) in [4.78, 5) is 10.2. The van der Waals surface area contributed by atoms with Gasteiger partial charge >= 0.3 is 0 Å². The van der Waals surface area contributed by atoms with Crippen molar-refractivity contribution in [3.63, 3.8) is 0 Å². The van der Waals surface area contributed by atoms with Crippen LogP contribution in [0, 0.1) is 10.1 Å². The van der Waals surface area contributed by atoms with Crippen molar-refractivity contribution in [1.82, 2.24) is 10.6 Å². The molecule has 0 saturated carbocycles. The van der Waals surface area contributed by atoms with Gasteiger partial charge in [0.1, 0.15) is 6.10 Å². The highest BCUT2D eigenvalue weighted by atomic mass is 32.1. The summed E-state index contributed by atoms with van der Waals surface area (Å²) in [5.74, 6) is 0. The van der Waals surface area contributed by atoms with Crippen LogP contribution >= 0.6 is 12.2 Å². The van der Waals surface area contributed by atoms with Gasteiger partial charge in [-0.15, -0.1) is 0 Å². The molecule has 0 spiro atoms. The number of nitro benzene ring substituents is 1. The van der Waals surface area contributed by atoms with Gasteiger partial charge in [-0.1, -0.05) is 39.0 Å². The van der Waals surface area contributed by atoms with Crippen LogP contribution in [0.15, 0.2) is 24.3 Å². The molecule has 0 bridgehead atoms. The van der Waals surface area contributed by atoms with Gasteiger partial charge in [-0.3, -0.25) is 10.1 Å². The standard InChI is InChI=1S/C18H29N3O4S/c1-2-3-4-5-6-7-12-19-18(26)20-16(13-22)17(23)14-8-10-15(11-9-14)21(24)25/h8-11,16-17,22-23H,2-7,12-13H2,1H3,(H2,19,20,26). The zero-order valence-corrected chi connectivity index (χ0v) is 16.0. The molecular formula is C18H29N3O4S. The summed E-state index contributed by atoms with van der Waals surface area (Å²) in [6.07, 6.45) is 6.10. The van der Waals surface area contributed by atoms with Crippen LogP contribution in [-0.2, 0) is 0 Å². The van der Waals surface area contributed by atoms with E-state index in [4.69, 9.17) is 12.2 Å². The Kier molecular flexibility index (Phi) is 10.8. The molecule has 146 valence electrons. The molecule has 8 heteroatoms. The van der Waals surface area contributed by atoms with Crippen LogP contribution in [0.2, 0.25) is 0 Å². The van der Waals surface area contributed by atoms with Crippen molar-refractivity contribution < 1.29 is 15.1 Å². The van der Waals surface area contributed by atoms with Crippen LogP contribution in [0.4, 0.5) is 5.69 Å². The van der Waals surface area contributed by atoms with Crippen molar-refractivity contribution in [2.45, 2.75) is 57.6 Å². The highest BCUT2D eigenvalue weighted by Crippen LogP contribution is 2.20. The maximum Gasteiger partial charge on any atom is 0.269 e. The van der Waals surface area contributed by atoms with Gasteiger partial charge in [0.25, 0.3) is 5.69 Å². The number of thiocarbonyl (C=S) groups is 1. The molecule has 26 heavy (non-hydrogen) atoms. The van der Waals surface area contributed by atoms with Gasteiger partial charge in [-0.25, -0.2) is 0 Å². The summed E-state index contributed by atoms with van der Waals surface area (Å²) >= 11 is 5.21. The lowest BCUT2D eigenvalue weighted by molar-refractivity contribution is -0.384. The van der Waals surface area contributed by atoms with Crippen LogP contribution in [0.25, 0.3) is 0 Å². The Balaban J connectivity index is 2.40. The number of nitrogens with zero attached hydrogens (tertiary/aromatic N) is 1. The fraction of sp³-hybridized carbons (Fsp3) is 0.611. The molecule has 7 nitrogen and oxygen atoms in total. The van der Waals surface area contributed by atoms with E-state index in [1.807, 2.05) is 0 Å². The third kappa shape index (κ3) is 8.07. The molecule has 2 atom stereocenters. The first kappa shape index (κ1) is 22.3. The van der Waals surface area contributed by atoms with E-state index in [1.165, 1.54) is 49.9 Å². The minimum absolute atomic E-state index is 0.0504. The van der Waals surface area contributed by atoms with Crippen molar-refractivity contribution in [2.24, 2.45) is 0 Å². The lowest BCUT2D eigenvalue weighted by atomic mass is 10.0. The second-order valence-corrected chi connectivity index (χ2v) is 6.66. The van der Waals surface area contributed by atoms with Gasteiger partial charge in [-0.2, -0.15) is 0 Å². The molecule has 0 heterocycles. The predicted molar refractivity (Wildman–Crippen MR) is 106 cm³/mol. The van der Waals surface area contributed by atoms with Gasteiger partial charge in [0.05, 0.1) is 17.6 Å². The summed E-state index contributed by atoms with van der Waals surface area (Å²) in [6.45, 7) is 2.61. The number of aliphatic hydroxyl groups is 2. The molecule has 0 fully saturated rings. The zero-order chi connectivity index (χ0) is 19.4. The number of rotatable bonds is 12. The average molecular weight is 384 g/mol. The zero-order valence-electron chi connectivity index (χ0n) is 15.2. The number of hydrogen-bond donors (Lipinski definition) is 4. The summed E-state index contributed by atoms with van der Waals surface area (Å²) in [7, 11) is 0. The van der Waals surface area contributed by atoms with Crippen molar-refractivity contribution in [3.8, 4) is 0 Å². The van der Waals surface area contributed by atoms with Crippen molar-refractivity contribution in [2.75, 3.05) is 13.2 Å². The molecule has 0 aliphatic rings. The number of hydrogen-bond acceptors (Lipinski definition) is 5. The Labute approximate surface area is 160 Å². The van der Waals surface area contributed by atoms with Gasteiger partial charge in [-0.05, 0) is 36.3 Å². The van der Waals surface area contributed by atoms with Crippen LogP contribution in [0.3, 0.4) is 0 Å². The summed E-state index contributed by atoms with van der Waals surface area (Å²) in [6, 6.07) is 4.89. The Hall–Kier alpha value is -1.77. The van der Waals surface area contributed by atoms with Gasteiger partial charge < -0.3 is 20.8 Å². The van der Waals surface area contributed by atoms with E-state index >= 15 is 0 Å². The van der Waals surface area contributed by atoms with Crippen molar-refractivity contribution in [1.29, 1.82) is 0 Å². The molecule has 0 saturated heterocycles. The van der Waals surface area contributed by atoms with E-state index in [-0.39, 0.29) is 12.3 Å². The first-order chi connectivity index (χ1) is 12.5. The fourth-order valence-electron chi connectivity index (χ4n) is 2.58. The molecule has 4 N–H and O–H groups in total. The van der Waals surface area contributed by atoms with Crippen LogP contribution in [0.1, 0.15) is 57.1 Å². The van der Waals surface area contributed by atoms with Crippen molar-refractivity contribution >= 4 is 23.0 Å². The Morgan fingerprint density at radius 3 is 2.38 bits per heavy atom. The molecule has 1 rings (SSSR count). The van der Waals surface area contributed by atoms with E-state index in [0.29, 0.717) is 10.7 Å². The predicted octanol–water partition coefficient (Wildman–Crippen LogP) is 2.81. The monoisotopic (exact) mass is 383 g/mol. The molecule has 2 unspecified atom stereocenters. The van der Waals surface area contributed by atoms with E-state index < -0.39 is 17.1 Å². The van der Waals surface area contributed by atoms with E-state index in [1.54, 1.807) is 0 Å². The number of non-ortho nitro benzene ring substituents is 1. The average Bonchev–Trinajstić information content (AvgIpc) is 2.65. The number of aliphatic hydroxyl groups excluding tert-OH is 2. The highest BCUT2D eigenvalue weighted by Gasteiger charge is 2.21. The third-order valence-electron chi connectivity index (χ3n) is 4.16. The number of unbranched alkanes of at least 4 members (excludes halogenated alkanes) is 5. The van der Waals surface area contributed by atoms with Crippen LogP contribution < -0.4 is 10.6 Å². The van der Waals surface area contributed by atoms with Gasteiger partial charge in [0.15, 0.2) is 5.11 Å². The molecule has 1 aromatic carbocycles. The second kappa shape index (κ2) is 12.6. The normalized spacial score (nSPS) is 13.0. The lowest BCUT2D eigenvalue weighted by Crippen LogP contribution is -2.46. The Morgan fingerprint density at radius 1 is 1.19 bits per heavy atom. The quantitative estimate of drug-likeness (QED) is 0.190. The minimum Gasteiger partial charge on any atom is -0.394 e. The summed E-state index contributed by atoms with van der Waals surface area (Å²) < 4.78 is 0. The second-order valence-electron chi connectivity index (χ2n) is 6.25. The van der Waals surface area contributed by atoms with E-state index in [2.05, 4.69) is 17.6 Å². The molecular weight excluding hydrogens is 354 g/mol. The van der Waals surface area contributed by atoms with Crippen LogP contribution in [-0.4, -0.2) is 39.4 Å².